The zero-order valence-corrected chi connectivity index (χ0v) is 25.0. The van der Waals surface area contributed by atoms with Crippen LogP contribution in [0.2, 0.25) is 0 Å². The molecule has 41 heavy (non-hydrogen) atoms. The molecule has 0 unspecified atom stereocenters. The van der Waals surface area contributed by atoms with Crippen molar-refractivity contribution in [2.75, 3.05) is 0 Å². The van der Waals surface area contributed by atoms with Crippen LogP contribution in [0, 0.1) is 13.8 Å². The molecule has 0 saturated carbocycles. The third-order valence-corrected chi connectivity index (χ3v) is 8.20. The number of carbonyl (C=O) groups excluding carboxylic acids is 1. The molecule has 0 fully saturated rings. The average molecular weight is 542 g/mol. The third-order valence-electron chi connectivity index (χ3n) is 8.20. The first-order valence-corrected chi connectivity index (χ1v) is 14.3. The second kappa shape index (κ2) is 8.36. The molecule has 7 rings (SSSR count). The molecule has 4 heteroatoms. The highest BCUT2D eigenvalue weighted by Gasteiger charge is 2.28. The van der Waals surface area contributed by atoms with E-state index in [4.69, 9.17) is 9.15 Å². The summed E-state index contributed by atoms with van der Waals surface area (Å²) in [5.74, 6) is 0. The molecule has 0 aliphatic heterocycles. The quantitative estimate of drug-likeness (QED) is 0.192. The van der Waals surface area contributed by atoms with Gasteiger partial charge < -0.3 is 9.15 Å². The van der Waals surface area contributed by atoms with Crippen molar-refractivity contribution in [1.82, 2.24) is 4.57 Å². The number of furan rings is 1. The van der Waals surface area contributed by atoms with Crippen molar-refractivity contribution in [1.29, 1.82) is 0 Å². The average Bonchev–Trinajstić information content (AvgIpc) is 3.43. The highest BCUT2D eigenvalue weighted by Crippen LogP contribution is 2.48. The Bertz CT molecular complexity index is 2230. The number of hydrogen-bond acceptors (Lipinski definition) is 3. The largest absolute Gasteiger partial charge is 0.455 e. The minimum Gasteiger partial charge on any atom is -0.455 e. The van der Waals surface area contributed by atoms with E-state index < -0.39 is 5.60 Å². The summed E-state index contributed by atoms with van der Waals surface area (Å²) in [6, 6.07) is 23.5. The molecule has 206 valence electrons. The van der Waals surface area contributed by atoms with Crippen molar-refractivity contribution in [3.63, 3.8) is 0 Å². The van der Waals surface area contributed by atoms with Crippen molar-refractivity contribution in [3.8, 4) is 0 Å². The van der Waals surface area contributed by atoms with E-state index in [2.05, 4.69) is 89.2 Å². The van der Waals surface area contributed by atoms with Gasteiger partial charge in [0.1, 0.15) is 16.8 Å². The first-order chi connectivity index (χ1) is 19.3. The first-order valence-electron chi connectivity index (χ1n) is 14.3. The van der Waals surface area contributed by atoms with Crippen molar-refractivity contribution in [3.05, 3.63) is 83.4 Å². The van der Waals surface area contributed by atoms with Gasteiger partial charge in [0.15, 0.2) is 0 Å². The Morgan fingerprint density at radius 2 is 1.49 bits per heavy atom. The maximum Gasteiger partial charge on any atom is 0.419 e. The Morgan fingerprint density at radius 3 is 2.20 bits per heavy atom. The van der Waals surface area contributed by atoms with E-state index in [9.17, 15) is 4.79 Å². The van der Waals surface area contributed by atoms with Gasteiger partial charge in [0.05, 0.1) is 11.0 Å². The topological polar surface area (TPSA) is 44.4 Å². The number of fused-ring (bicyclic) bond motifs is 12. The van der Waals surface area contributed by atoms with Crippen LogP contribution < -0.4 is 0 Å². The number of nitrogens with zero attached hydrogens (tertiary/aromatic N) is 1. The predicted octanol–water partition coefficient (Wildman–Crippen LogP) is 10.7. The fraction of sp³-hybridized carbons (Fsp3) is 0.270. The van der Waals surface area contributed by atoms with Gasteiger partial charge in [-0.05, 0) is 79.6 Å². The summed E-state index contributed by atoms with van der Waals surface area (Å²) in [7, 11) is 0. The first kappa shape index (κ1) is 25.6. The second-order valence-electron chi connectivity index (χ2n) is 13.5. The van der Waals surface area contributed by atoms with Crippen LogP contribution in [0.15, 0.2) is 71.1 Å². The molecule has 5 aromatic carbocycles. The van der Waals surface area contributed by atoms with Gasteiger partial charge in [-0.2, -0.15) is 0 Å². The molecule has 0 radical (unpaired) electrons. The lowest BCUT2D eigenvalue weighted by molar-refractivity contribution is 0.0551. The Balaban J connectivity index is 1.78. The molecule has 2 aromatic heterocycles. The van der Waals surface area contributed by atoms with Crippen LogP contribution in [0.1, 0.15) is 58.2 Å². The lowest BCUT2D eigenvalue weighted by atomic mass is 9.85. The summed E-state index contributed by atoms with van der Waals surface area (Å²) < 4.78 is 14.5. The molecule has 0 saturated heterocycles. The summed E-state index contributed by atoms with van der Waals surface area (Å²) >= 11 is 0. The highest BCUT2D eigenvalue weighted by atomic mass is 16.6. The van der Waals surface area contributed by atoms with Gasteiger partial charge in [-0.1, -0.05) is 75.4 Å². The Hall–Kier alpha value is -4.31. The van der Waals surface area contributed by atoms with Gasteiger partial charge in [-0.15, -0.1) is 0 Å². The fourth-order valence-electron chi connectivity index (χ4n) is 6.50. The molecule has 0 N–H and O–H groups in total. The summed E-state index contributed by atoms with van der Waals surface area (Å²) in [4.78, 5) is 14.0. The fourth-order valence-corrected chi connectivity index (χ4v) is 6.50. The lowest BCUT2D eigenvalue weighted by Gasteiger charge is -2.20. The minimum atomic E-state index is -0.637. The van der Waals surface area contributed by atoms with E-state index in [-0.39, 0.29) is 11.5 Å². The van der Waals surface area contributed by atoms with Crippen molar-refractivity contribution in [2.24, 2.45) is 0 Å². The van der Waals surface area contributed by atoms with Crippen LogP contribution in [0.4, 0.5) is 4.79 Å². The number of ether oxygens (including phenoxy) is 1. The summed E-state index contributed by atoms with van der Waals surface area (Å²) in [5, 5.41) is 8.48. The van der Waals surface area contributed by atoms with E-state index in [1.54, 1.807) is 4.57 Å². The van der Waals surface area contributed by atoms with Gasteiger partial charge >= 0.3 is 6.09 Å². The van der Waals surface area contributed by atoms with E-state index in [0.717, 1.165) is 71.0 Å². The Labute approximate surface area is 239 Å². The van der Waals surface area contributed by atoms with Gasteiger partial charge in [-0.3, -0.25) is 0 Å². The number of aryl methyl sites for hydroxylation is 2. The summed E-state index contributed by atoms with van der Waals surface area (Å²) in [5.41, 5.74) is 6.32. The van der Waals surface area contributed by atoms with Gasteiger partial charge in [0.2, 0.25) is 0 Å². The van der Waals surface area contributed by atoms with E-state index >= 15 is 0 Å². The predicted molar refractivity (Wildman–Crippen MR) is 172 cm³/mol. The third kappa shape index (κ3) is 3.77. The molecule has 0 bridgehead atoms. The van der Waals surface area contributed by atoms with E-state index in [1.165, 1.54) is 10.9 Å². The highest BCUT2D eigenvalue weighted by molar-refractivity contribution is 6.39. The molecule has 0 spiro atoms. The van der Waals surface area contributed by atoms with Gasteiger partial charge in [-0.25, -0.2) is 9.36 Å². The normalized spacial score (nSPS) is 13.0. The number of hydrogen-bond donors (Lipinski definition) is 0. The molecule has 4 nitrogen and oxygen atoms in total. The SMILES string of the molecule is Cc1cc(C)c2c3c4c(oc5ccc6cc(C(C)(C)C)ccc6c54)c4ccccc4c3n(C(=O)OC(C)(C)C)c2c1. The molecule has 7 aromatic rings. The standard InChI is InChI=1S/C37H35NO3/c1-20-17-21(2)29-27(18-20)38(35(39)41-37(6,7)8)33-25-11-9-10-12-26(25)34-32(31(29)33)30-24-15-14-23(36(3,4)5)19-22(24)13-16-28(30)40-34/h9-19H,1-8H3. The van der Waals surface area contributed by atoms with Crippen LogP contribution in [0.3, 0.4) is 0 Å². The van der Waals surface area contributed by atoms with Gasteiger partial charge in [0.25, 0.3) is 0 Å². The molecule has 0 amide bonds. The summed E-state index contributed by atoms with van der Waals surface area (Å²) in [6.07, 6.45) is -0.375. The molecule has 0 aliphatic carbocycles. The Morgan fingerprint density at radius 1 is 0.756 bits per heavy atom. The Kier molecular flexibility index (Phi) is 5.23. The molecule has 0 atom stereocenters. The second-order valence-corrected chi connectivity index (χ2v) is 13.5. The van der Waals surface area contributed by atoms with Crippen molar-refractivity contribution < 1.29 is 13.9 Å². The number of aromatic nitrogens is 1. The molecular formula is C37H35NO3. The van der Waals surface area contributed by atoms with Crippen molar-refractivity contribution >= 4 is 71.4 Å². The van der Waals surface area contributed by atoms with E-state index in [1.807, 2.05) is 32.9 Å². The summed E-state index contributed by atoms with van der Waals surface area (Å²) in [6.45, 7) is 16.7. The van der Waals surface area contributed by atoms with Crippen molar-refractivity contribution in [2.45, 2.75) is 66.4 Å². The number of rotatable bonds is 0. The van der Waals surface area contributed by atoms with Crippen LogP contribution in [0.25, 0.3) is 65.3 Å². The smallest absolute Gasteiger partial charge is 0.419 e. The van der Waals surface area contributed by atoms with Crippen LogP contribution in [-0.2, 0) is 10.2 Å². The zero-order valence-electron chi connectivity index (χ0n) is 25.0. The van der Waals surface area contributed by atoms with Gasteiger partial charge in [0, 0.05) is 32.3 Å². The lowest BCUT2D eigenvalue weighted by Crippen LogP contribution is -2.27. The van der Waals surface area contributed by atoms with Crippen LogP contribution in [0.5, 0.6) is 0 Å². The van der Waals surface area contributed by atoms with E-state index in [0.29, 0.717) is 0 Å². The van der Waals surface area contributed by atoms with Crippen LogP contribution in [-0.4, -0.2) is 16.3 Å². The zero-order chi connectivity index (χ0) is 29.0. The molecular weight excluding hydrogens is 506 g/mol. The maximum atomic E-state index is 14.0. The minimum absolute atomic E-state index is 0.0425. The number of carbonyl (C=O) groups is 1. The maximum absolute atomic E-state index is 14.0. The number of benzene rings is 5. The molecule has 0 aliphatic rings. The van der Waals surface area contributed by atoms with Crippen LogP contribution >= 0.6 is 0 Å². The molecule has 2 heterocycles. The monoisotopic (exact) mass is 541 g/mol.